The molecule has 0 radical (unpaired) electrons. The Balaban J connectivity index is 0.00000113. The molecule has 0 bridgehead atoms. The molecule has 3 rings (SSSR count). The van der Waals surface area contributed by atoms with E-state index in [9.17, 15) is 18.0 Å². The molecule has 0 atom stereocenters. The van der Waals surface area contributed by atoms with Gasteiger partial charge in [-0.1, -0.05) is 44.9 Å². The second-order valence-corrected chi connectivity index (χ2v) is 5.48. The third-order valence-corrected chi connectivity index (χ3v) is 3.49. The van der Waals surface area contributed by atoms with Gasteiger partial charge in [-0.25, -0.2) is 0 Å². The van der Waals surface area contributed by atoms with Crippen molar-refractivity contribution in [2.45, 2.75) is 33.9 Å². The summed E-state index contributed by atoms with van der Waals surface area (Å²) in [5.74, 6) is -0.420. The number of nitrogens with zero attached hydrogens (tertiary/aromatic N) is 2. The highest BCUT2D eigenvalue weighted by Crippen LogP contribution is 2.32. The van der Waals surface area contributed by atoms with Crippen LogP contribution in [0.3, 0.4) is 0 Å². The smallest absolute Gasteiger partial charge is 0.403 e. The fourth-order valence-electron chi connectivity index (χ4n) is 2.24. The molecule has 0 saturated carbocycles. The summed E-state index contributed by atoms with van der Waals surface area (Å²) in [6.07, 6.45) is -4.39. The van der Waals surface area contributed by atoms with Crippen LogP contribution in [0.4, 0.5) is 30.6 Å². The van der Waals surface area contributed by atoms with E-state index in [4.69, 9.17) is 10.2 Å². The Morgan fingerprint density at radius 3 is 2.19 bits per heavy atom. The number of benzene rings is 2. The number of nitrogens with two attached hydrogens (primary N) is 1. The molecule has 168 valence electrons. The quantitative estimate of drug-likeness (QED) is 0.474. The number of para-hydroxylation sites is 1. The highest BCUT2D eigenvalue weighted by Gasteiger charge is 2.29. The molecule has 4 N–H and O–H groups in total. The molecule has 7 nitrogen and oxygen atoms in total. The zero-order valence-electron chi connectivity index (χ0n) is 17.7. The second-order valence-electron chi connectivity index (χ2n) is 5.48. The maximum atomic E-state index is 12.7. The Bertz CT molecular complexity index is 941. The summed E-state index contributed by atoms with van der Waals surface area (Å²) in [6.45, 7) is 7.84. The molecule has 1 heterocycles. The Morgan fingerprint density at radius 1 is 1.00 bits per heavy atom. The number of anilines is 3. The molecule has 1 aromatic heterocycles. The van der Waals surface area contributed by atoms with Crippen LogP contribution in [0, 0.1) is 0 Å². The van der Waals surface area contributed by atoms with E-state index in [1.165, 1.54) is 12.1 Å². The molecule has 0 aliphatic rings. The van der Waals surface area contributed by atoms with Crippen LogP contribution < -0.4 is 16.4 Å². The van der Waals surface area contributed by atoms with Crippen LogP contribution in [-0.4, -0.2) is 22.6 Å². The topological polar surface area (TPSA) is 106 Å². The van der Waals surface area contributed by atoms with Gasteiger partial charge in [-0.05, 0) is 36.4 Å². The first-order valence-electron chi connectivity index (χ1n) is 9.72. The lowest BCUT2D eigenvalue weighted by molar-refractivity contribution is -0.137. The number of carbonyl (C=O) groups is 1. The second kappa shape index (κ2) is 12.2. The highest BCUT2D eigenvalue weighted by molar-refractivity contribution is 5.79. The third-order valence-electron chi connectivity index (χ3n) is 3.49. The summed E-state index contributed by atoms with van der Waals surface area (Å²) in [5.41, 5.74) is 5.86. The fraction of sp³-hybridized carbons (Fsp3) is 0.286. The van der Waals surface area contributed by atoms with Crippen molar-refractivity contribution in [1.29, 1.82) is 0 Å². The number of aromatic nitrogens is 2. The SMILES string of the molecule is CC.CC.NC(=O)CNc1nnc(-c2ccccc2Nc2ccc(C(F)(F)F)cc2)o1. The van der Waals surface area contributed by atoms with Crippen LogP contribution in [0.25, 0.3) is 11.5 Å². The van der Waals surface area contributed by atoms with Gasteiger partial charge in [0, 0.05) is 5.69 Å². The Kier molecular flexibility index (Phi) is 10.0. The molecule has 0 saturated heterocycles. The number of hydrogen-bond acceptors (Lipinski definition) is 6. The number of rotatable bonds is 6. The summed E-state index contributed by atoms with van der Waals surface area (Å²) in [7, 11) is 0. The van der Waals surface area contributed by atoms with Gasteiger partial charge >= 0.3 is 12.2 Å². The van der Waals surface area contributed by atoms with E-state index in [0.717, 1.165) is 12.1 Å². The van der Waals surface area contributed by atoms with Crippen molar-refractivity contribution in [3.05, 3.63) is 54.1 Å². The van der Waals surface area contributed by atoms with Gasteiger partial charge in [0.1, 0.15) is 0 Å². The van der Waals surface area contributed by atoms with Crippen molar-refractivity contribution < 1.29 is 22.4 Å². The number of halogens is 3. The Hall–Kier alpha value is -3.56. The van der Waals surface area contributed by atoms with Crippen LogP contribution in [0.1, 0.15) is 33.3 Å². The minimum Gasteiger partial charge on any atom is -0.403 e. The van der Waals surface area contributed by atoms with E-state index < -0.39 is 17.6 Å². The predicted octanol–water partition coefficient (Wildman–Crippen LogP) is 5.45. The van der Waals surface area contributed by atoms with Gasteiger partial charge in [-0.3, -0.25) is 4.79 Å². The number of amides is 1. The fourth-order valence-corrected chi connectivity index (χ4v) is 2.24. The number of carbonyl (C=O) groups excluding carboxylic acids is 1. The first kappa shape index (κ1) is 25.5. The molecule has 10 heteroatoms. The standard InChI is InChI=1S/C17H14F3N5O2.2C2H6/c18-17(19,20)10-5-7-11(8-6-10)23-13-4-2-1-3-12(13)15-24-25-16(27-15)22-9-14(21)26;2*1-2/h1-8,23H,9H2,(H2,21,26)(H,22,25);2*1-2H3. The van der Waals surface area contributed by atoms with Gasteiger partial charge in [0.15, 0.2) is 0 Å². The minimum absolute atomic E-state index is 0.0214. The highest BCUT2D eigenvalue weighted by atomic mass is 19.4. The zero-order chi connectivity index (χ0) is 23.4. The summed E-state index contributed by atoms with van der Waals surface area (Å²) in [4.78, 5) is 10.8. The average molecular weight is 437 g/mol. The minimum atomic E-state index is -4.39. The van der Waals surface area contributed by atoms with Gasteiger partial charge in [0.05, 0.1) is 23.4 Å². The number of primary amides is 1. The Labute approximate surface area is 178 Å². The first-order chi connectivity index (χ1) is 14.8. The van der Waals surface area contributed by atoms with Gasteiger partial charge in [-0.15, -0.1) is 5.10 Å². The van der Waals surface area contributed by atoms with E-state index in [-0.39, 0.29) is 18.5 Å². The van der Waals surface area contributed by atoms with Crippen molar-refractivity contribution in [3.63, 3.8) is 0 Å². The van der Waals surface area contributed by atoms with Crippen molar-refractivity contribution in [2.24, 2.45) is 5.73 Å². The lowest BCUT2D eigenvalue weighted by Crippen LogP contribution is -2.21. The summed E-state index contributed by atoms with van der Waals surface area (Å²) >= 11 is 0. The van der Waals surface area contributed by atoms with Gasteiger partial charge in [0.25, 0.3) is 5.89 Å². The third kappa shape index (κ3) is 7.65. The molecule has 0 aliphatic heterocycles. The van der Waals surface area contributed by atoms with Crippen molar-refractivity contribution >= 4 is 23.3 Å². The average Bonchev–Trinajstić information content (AvgIpc) is 3.24. The van der Waals surface area contributed by atoms with Crippen LogP contribution in [-0.2, 0) is 11.0 Å². The molecule has 0 aliphatic carbocycles. The molecule has 31 heavy (non-hydrogen) atoms. The molecule has 2 aromatic carbocycles. The normalized spacial score (nSPS) is 10.2. The lowest BCUT2D eigenvalue weighted by Gasteiger charge is -2.11. The molecule has 0 unspecified atom stereocenters. The molecule has 3 aromatic rings. The van der Waals surface area contributed by atoms with E-state index in [2.05, 4.69) is 20.8 Å². The largest absolute Gasteiger partial charge is 0.416 e. The summed E-state index contributed by atoms with van der Waals surface area (Å²) < 4.78 is 43.4. The predicted molar refractivity (Wildman–Crippen MR) is 115 cm³/mol. The molecular weight excluding hydrogens is 411 g/mol. The van der Waals surface area contributed by atoms with E-state index in [1.807, 2.05) is 27.7 Å². The van der Waals surface area contributed by atoms with Crippen molar-refractivity contribution in [3.8, 4) is 11.5 Å². The zero-order valence-corrected chi connectivity index (χ0v) is 17.7. The maximum absolute atomic E-state index is 12.7. The van der Waals surface area contributed by atoms with Crippen molar-refractivity contribution in [2.75, 3.05) is 17.2 Å². The lowest BCUT2D eigenvalue weighted by atomic mass is 10.1. The Morgan fingerprint density at radius 2 is 1.61 bits per heavy atom. The van der Waals surface area contributed by atoms with Gasteiger partial charge in [-0.2, -0.15) is 13.2 Å². The van der Waals surface area contributed by atoms with E-state index >= 15 is 0 Å². The number of nitrogens with one attached hydrogen (secondary N) is 2. The van der Waals surface area contributed by atoms with Crippen LogP contribution >= 0.6 is 0 Å². The molecule has 0 fully saturated rings. The molecule has 0 spiro atoms. The van der Waals surface area contributed by atoms with Crippen molar-refractivity contribution in [1.82, 2.24) is 10.2 Å². The molecule has 1 amide bonds. The summed E-state index contributed by atoms with van der Waals surface area (Å²) in [6, 6.07) is 11.6. The maximum Gasteiger partial charge on any atom is 0.416 e. The van der Waals surface area contributed by atoms with Crippen LogP contribution in [0.5, 0.6) is 0 Å². The number of alkyl halides is 3. The van der Waals surface area contributed by atoms with E-state index in [1.54, 1.807) is 24.3 Å². The van der Waals surface area contributed by atoms with Gasteiger partial charge in [0.2, 0.25) is 5.91 Å². The monoisotopic (exact) mass is 437 g/mol. The van der Waals surface area contributed by atoms with Crippen LogP contribution in [0.15, 0.2) is 52.9 Å². The first-order valence-corrected chi connectivity index (χ1v) is 9.72. The van der Waals surface area contributed by atoms with E-state index in [0.29, 0.717) is 16.9 Å². The molecular formula is C21H26F3N5O2. The van der Waals surface area contributed by atoms with Gasteiger partial charge < -0.3 is 20.8 Å². The summed E-state index contributed by atoms with van der Waals surface area (Å²) in [5, 5.41) is 13.3. The van der Waals surface area contributed by atoms with Crippen LogP contribution in [0.2, 0.25) is 0 Å². The number of hydrogen-bond donors (Lipinski definition) is 3.